The van der Waals surface area contributed by atoms with Gasteiger partial charge in [-0.25, -0.2) is 14.5 Å². The summed E-state index contributed by atoms with van der Waals surface area (Å²) in [5.74, 6) is -1.70. The number of carboxylic acids is 1. The van der Waals surface area contributed by atoms with E-state index in [0.717, 1.165) is 11.1 Å². The molecule has 196 valence electrons. The number of alkyl halides is 2. The summed E-state index contributed by atoms with van der Waals surface area (Å²) >= 11 is 5.91. The van der Waals surface area contributed by atoms with Crippen LogP contribution >= 0.6 is 31.9 Å². The number of nitrogens with zero attached hydrogens (tertiary/aromatic N) is 2. The van der Waals surface area contributed by atoms with Crippen LogP contribution in [0.1, 0.15) is 32.4 Å². The highest BCUT2D eigenvalue weighted by atomic mass is 79.9. The SMILES string of the molecule is C.C[C@](O)(CBr)C(=O)O.[C-]#[N+]c1ccc(N)cc1C.[C-]#[N+]c1ccc(NC(=O)[C@@](C)(O)CBr)cc1C. The molecule has 0 bridgehead atoms. The molecule has 0 radical (unpaired) electrons. The standard InChI is InChI=1S/C12H13BrN2O2.C8H8N2.C4H7BrO3.CH4/c1-8-6-9(4-5-10(8)14-3)15-11(16)12(2,17)7-13;1-6-5-7(9)3-4-8(6)10-2;1-4(8,2-5)3(6)7;/h4-6,17H,7H2,1-2H3,(H,15,16);3-5H,9H2,1H3;8H,2H2,1H3,(H,6,7);1H4/t12-;;4-;/m0.0./s1. The summed E-state index contributed by atoms with van der Waals surface area (Å²) in [4.78, 5) is 28.3. The molecule has 6 N–H and O–H groups in total. The highest BCUT2D eigenvalue weighted by molar-refractivity contribution is 9.09. The van der Waals surface area contributed by atoms with E-state index in [2.05, 4.69) is 46.9 Å². The van der Waals surface area contributed by atoms with Crippen molar-refractivity contribution in [3.05, 3.63) is 70.4 Å². The Hall–Kier alpha value is -2.96. The number of nitrogens with one attached hydrogen (secondary N) is 1. The minimum Gasteiger partial charge on any atom is -0.479 e. The van der Waals surface area contributed by atoms with Crippen LogP contribution in [0.4, 0.5) is 22.7 Å². The van der Waals surface area contributed by atoms with Crippen molar-refractivity contribution in [1.82, 2.24) is 0 Å². The number of halogens is 2. The lowest BCUT2D eigenvalue weighted by Crippen LogP contribution is -2.41. The number of rotatable bonds is 5. The monoisotopic (exact) mass is 626 g/mol. The summed E-state index contributed by atoms with van der Waals surface area (Å²) in [6.45, 7) is 20.0. The Labute approximate surface area is 229 Å². The fourth-order valence-corrected chi connectivity index (χ4v) is 2.54. The summed E-state index contributed by atoms with van der Waals surface area (Å²) in [5.41, 5.74) is 6.64. The Morgan fingerprint density at radius 1 is 0.944 bits per heavy atom. The molecule has 2 aromatic carbocycles. The molecule has 2 aromatic rings. The second-order valence-electron chi connectivity index (χ2n) is 7.85. The van der Waals surface area contributed by atoms with Gasteiger partial charge in [-0.15, -0.1) is 0 Å². The molecule has 2 atom stereocenters. The molecule has 36 heavy (non-hydrogen) atoms. The lowest BCUT2D eigenvalue weighted by molar-refractivity contribution is -0.154. The van der Waals surface area contributed by atoms with Gasteiger partial charge in [0.1, 0.15) is 5.60 Å². The zero-order valence-electron chi connectivity index (χ0n) is 19.8. The Morgan fingerprint density at radius 2 is 1.39 bits per heavy atom. The van der Waals surface area contributed by atoms with Gasteiger partial charge in [-0.3, -0.25) is 4.79 Å². The number of nitrogen functional groups attached to an aromatic ring is 1. The van der Waals surface area contributed by atoms with Gasteiger partial charge in [-0.2, -0.15) is 0 Å². The van der Waals surface area contributed by atoms with Crippen LogP contribution < -0.4 is 11.1 Å². The van der Waals surface area contributed by atoms with Crippen molar-refractivity contribution >= 4 is 66.5 Å². The number of hydrogen-bond donors (Lipinski definition) is 5. The number of carboxylic acid groups (broad SMARTS) is 1. The lowest BCUT2D eigenvalue weighted by atomic mass is 10.1. The predicted octanol–water partition coefficient (Wildman–Crippen LogP) is 5.61. The first-order valence-electron chi connectivity index (χ1n) is 9.98. The first-order chi connectivity index (χ1) is 16.1. The number of aryl methyl sites for hydroxylation is 2. The van der Waals surface area contributed by atoms with Gasteiger partial charge in [0.2, 0.25) is 0 Å². The van der Waals surface area contributed by atoms with Gasteiger partial charge >= 0.3 is 5.97 Å². The molecule has 1 amide bonds. The van der Waals surface area contributed by atoms with Crippen LogP contribution in [0.5, 0.6) is 0 Å². The normalized spacial score (nSPS) is 12.7. The first kappa shape index (κ1) is 35.2. The van der Waals surface area contributed by atoms with Crippen LogP contribution in [0.25, 0.3) is 9.69 Å². The fourth-order valence-electron chi connectivity index (χ4n) is 2.05. The minimum atomic E-state index is -1.62. The fraction of sp³-hybridized carbons (Fsp3) is 0.360. The molecule has 0 fully saturated rings. The van der Waals surface area contributed by atoms with E-state index in [1.165, 1.54) is 13.8 Å². The Morgan fingerprint density at radius 3 is 1.72 bits per heavy atom. The molecule has 0 unspecified atom stereocenters. The van der Waals surface area contributed by atoms with Gasteiger partial charge < -0.3 is 26.4 Å². The highest BCUT2D eigenvalue weighted by Gasteiger charge is 2.29. The van der Waals surface area contributed by atoms with Crippen LogP contribution in [-0.4, -0.2) is 49.1 Å². The van der Waals surface area contributed by atoms with E-state index < -0.39 is 23.1 Å². The first-order valence-corrected chi connectivity index (χ1v) is 12.2. The van der Waals surface area contributed by atoms with Crippen molar-refractivity contribution < 1.29 is 24.9 Å². The van der Waals surface area contributed by atoms with Crippen LogP contribution in [0.15, 0.2) is 36.4 Å². The van der Waals surface area contributed by atoms with Gasteiger partial charge in [0.05, 0.1) is 13.1 Å². The van der Waals surface area contributed by atoms with Crippen molar-refractivity contribution in [1.29, 1.82) is 0 Å². The molecule has 0 aliphatic carbocycles. The van der Waals surface area contributed by atoms with Gasteiger partial charge in [-0.05, 0) is 63.1 Å². The van der Waals surface area contributed by atoms with E-state index in [-0.39, 0.29) is 18.1 Å². The Balaban J connectivity index is 0. The Bertz CT molecular complexity index is 1120. The lowest BCUT2D eigenvalue weighted by Gasteiger charge is -2.19. The van der Waals surface area contributed by atoms with Gasteiger partial charge in [0.15, 0.2) is 17.0 Å². The molecule has 0 saturated carbocycles. The second-order valence-corrected chi connectivity index (χ2v) is 8.97. The maximum atomic E-state index is 11.7. The largest absolute Gasteiger partial charge is 0.479 e. The maximum absolute atomic E-state index is 11.7. The zero-order valence-corrected chi connectivity index (χ0v) is 22.9. The number of nitrogens with two attached hydrogens (primary N) is 1. The average molecular weight is 628 g/mol. The van der Waals surface area contributed by atoms with Crippen molar-refractivity contribution in [3.63, 3.8) is 0 Å². The molecule has 9 nitrogen and oxygen atoms in total. The molecular formula is C25H32Br2N4O5. The van der Waals surface area contributed by atoms with Crippen LogP contribution in [0.2, 0.25) is 0 Å². The molecule has 0 aliphatic heterocycles. The maximum Gasteiger partial charge on any atom is 0.336 e. The summed E-state index contributed by atoms with van der Waals surface area (Å²) in [6.07, 6.45) is 0. The van der Waals surface area contributed by atoms with Gasteiger partial charge in [0.25, 0.3) is 5.91 Å². The predicted molar refractivity (Wildman–Crippen MR) is 151 cm³/mol. The number of carbonyl (C=O) groups is 2. The average Bonchev–Trinajstić information content (AvgIpc) is 2.80. The number of hydrogen-bond acceptors (Lipinski definition) is 5. The van der Waals surface area contributed by atoms with Gasteiger partial charge in [0, 0.05) is 22.0 Å². The summed E-state index contributed by atoms with van der Waals surface area (Å²) in [5, 5.41) is 29.4. The third-order valence-corrected chi connectivity index (χ3v) is 6.57. The number of amides is 1. The van der Waals surface area contributed by atoms with E-state index >= 15 is 0 Å². The topological polar surface area (TPSA) is 142 Å². The molecule has 0 heterocycles. The molecular weight excluding hydrogens is 596 g/mol. The molecule has 0 spiro atoms. The third-order valence-electron chi connectivity index (χ3n) is 4.39. The van der Waals surface area contributed by atoms with Crippen molar-refractivity contribution in [3.8, 4) is 0 Å². The zero-order chi connectivity index (χ0) is 27.4. The minimum absolute atomic E-state index is 0. The summed E-state index contributed by atoms with van der Waals surface area (Å²) in [7, 11) is 0. The van der Waals surface area contributed by atoms with Crippen molar-refractivity contribution in [2.75, 3.05) is 21.7 Å². The van der Waals surface area contributed by atoms with E-state index in [1.54, 1.807) is 43.3 Å². The van der Waals surface area contributed by atoms with Gasteiger partial charge in [-0.1, -0.05) is 51.4 Å². The molecule has 0 aliphatic rings. The number of aliphatic carboxylic acids is 1. The van der Waals surface area contributed by atoms with Crippen molar-refractivity contribution in [2.45, 2.75) is 46.3 Å². The molecule has 0 aromatic heterocycles. The second kappa shape index (κ2) is 15.9. The van der Waals surface area contributed by atoms with Crippen LogP contribution in [-0.2, 0) is 9.59 Å². The molecule has 0 saturated heterocycles. The van der Waals surface area contributed by atoms with Crippen molar-refractivity contribution in [2.24, 2.45) is 0 Å². The third kappa shape index (κ3) is 11.6. The van der Waals surface area contributed by atoms with E-state index in [1.807, 2.05) is 6.92 Å². The number of anilines is 2. The smallest absolute Gasteiger partial charge is 0.336 e. The van der Waals surface area contributed by atoms with E-state index in [4.69, 9.17) is 29.1 Å². The van der Waals surface area contributed by atoms with Crippen LogP contribution in [0.3, 0.4) is 0 Å². The van der Waals surface area contributed by atoms with Crippen LogP contribution in [0, 0.1) is 27.0 Å². The summed E-state index contributed by atoms with van der Waals surface area (Å²) < 4.78 is 0. The Kier molecular flexibility index (Phi) is 15.6. The number of aliphatic hydroxyl groups is 2. The highest BCUT2D eigenvalue weighted by Crippen LogP contribution is 2.23. The van der Waals surface area contributed by atoms with E-state index in [9.17, 15) is 14.7 Å². The number of carbonyl (C=O) groups excluding carboxylic acids is 1. The van der Waals surface area contributed by atoms with E-state index in [0.29, 0.717) is 22.7 Å². The quantitative estimate of drug-likeness (QED) is 0.166. The summed E-state index contributed by atoms with van der Waals surface area (Å²) in [6, 6.07) is 10.3. The molecule has 2 rings (SSSR count). The number of benzene rings is 2. The molecule has 11 heteroatoms.